The van der Waals surface area contributed by atoms with Gasteiger partial charge in [0, 0.05) is 26.6 Å². The summed E-state index contributed by atoms with van der Waals surface area (Å²) in [5, 5.41) is 0. The van der Waals surface area contributed by atoms with E-state index in [1.807, 2.05) is 4.90 Å². The average Bonchev–Trinajstić information content (AvgIpc) is 2.67. The normalized spacial score (nSPS) is 25.0. The molecule has 2 rings (SSSR count). The lowest BCUT2D eigenvalue weighted by molar-refractivity contribution is -0.135. The van der Waals surface area contributed by atoms with E-state index in [-0.39, 0.29) is 18.1 Å². The molecule has 96 valence electrons. The van der Waals surface area contributed by atoms with Gasteiger partial charge in [-0.15, -0.1) is 0 Å². The Bertz CT molecular complexity index is 302. The summed E-state index contributed by atoms with van der Waals surface area (Å²) in [5.41, 5.74) is 0. The van der Waals surface area contributed by atoms with Crippen LogP contribution in [0.4, 0.5) is 4.79 Å². The molecule has 0 aliphatic carbocycles. The zero-order valence-corrected chi connectivity index (χ0v) is 10.1. The topological polar surface area (TPSA) is 59.1 Å². The highest BCUT2D eigenvalue weighted by Gasteiger charge is 2.29. The van der Waals surface area contributed by atoms with Crippen LogP contribution in [0.25, 0.3) is 0 Å². The summed E-state index contributed by atoms with van der Waals surface area (Å²) >= 11 is 0. The molecule has 1 unspecified atom stereocenters. The molecule has 2 fully saturated rings. The molecule has 2 amide bonds. The van der Waals surface area contributed by atoms with Crippen molar-refractivity contribution in [3.05, 3.63) is 0 Å². The van der Waals surface area contributed by atoms with Crippen LogP contribution in [0, 0.1) is 0 Å². The molecule has 0 aromatic carbocycles. The highest BCUT2D eigenvalue weighted by Crippen LogP contribution is 2.14. The fourth-order valence-corrected chi connectivity index (χ4v) is 2.06. The quantitative estimate of drug-likeness (QED) is 0.703. The minimum atomic E-state index is -0.297. The van der Waals surface area contributed by atoms with Crippen LogP contribution >= 0.6 is 0 Å². The number of rotatable bonds is 3. The van der Waals surface area contributed by atoms with E-state index in [9.17, 15) is 9.59 Å². The first-order valence-electron chi connectivity index (χ1n) is 5.94. The molecule has 6 heteroatoms. The van der Waals surface area contributed by atoms with Crippen molar-refractivity contribution >= 4 is 12.0 Å². The van der Waals surface area contributed by atoms with E-state index >= 15 is 0 Å². The Morgan fingerprint density at radius 1 is 1.41 bits per heavy atom. The van der Waals surface area contributed by atoms with E-state index in [1.165, 1.54) is 4.90 Å². The number of morpholine rings is 1. The number of hydrogen-bond acceptors (Lipinski definition) is 4. The van der Waals surface area contributed by atoms with Crippen LogP contribution in [-0.4, -0.2) is 67.8 Å². The van der Waals surface area contributed by atoms with Crippen LogP contribution in [0.5, 0.6) is 0 Å². The first kappa shape index (κ1) is 12.2. The third-order valence-corrected chi connectivity index (χ3v) is 3.10. The maximum absolute atomic E-state index is 11.8. The van der Waals surface area contributed by atoms with Crippen molar-refractivity contribution < 1.29 is 19.1 Å². The highest BCUT2D eigenvalue weighted by atomic mass is 16.6. The van der Waals surface area contributed by atoms with Crippen molar-refractivity contribution in [1.29, 1.82) is 0 Å². The zero-order chi connectivity index (χ0) is 12.3. The second kappa shape index (κ2) is 5.35. The van der Waals surface area contributed by atoms with Gasteiger partial charge < -0.3 is 19.3 Å². The number of cyclic esters (lactones) is 1. The third-order valence-electron chi connectivity index (χ3n) is 3.10. The average molecular weight is 242 g/mol. The Kier molecular flexibility index (Phi) is 3.83. The fourth-order valence-electron chi connectivity index (χ4n) is 2.06. The van der Waals surface area contributed by atoms with Gasteiger partial charge in [0.05, 0.1) is 19.8 Å². The molecule has 0 aromatic heterocycles. The van der Waals surface area contributed by atoms with E-state index in [0.29, 0.717) is 45.7 Å². The van der Waals surface area contributed by atoms with Gasteiger partial charge in [-0.2, -0.15) is 0 Å². The van der Waals surface area contributed by atoms with Gasteiger partial charge in [-0.1, -0.05) is 0 Å². The number of carbonyl (C=O) groups is 2. The van der Waals surface area contributed by atoms with Gasteiger partial charge in [0.25, 0.3) is 0 Å². The molecular weight excluding hydrogens is 224 g/mol. The summed E-state index contributed by atoms with van der Waals surface area (Å²) in [6, 6.07) is 0. The standard InChI is InChI=1S/C11H18N2O4/c1-12-8-9(17-11(12)15)2-3-10(14)13-4-6-16-7-5-13/h9H,2-8H2,1H3. The SMILES string of the molecule is CN1CC(CCC(=O)N2CCOCC2)OC1=O. The van der Waals surface area contributed by atoms with Crippen LogP contribution in [0.15, 0.2) is 0 Å². The lowest BCUT2D eigenvalue weighted by Gasteiger charge is -2.27. The van der Waals surface area contributed by atoms with Crippen LogP contribution in [-0.2, 0) is 14.3 Å². The predicted molar refractivity (Wildman–Crippen MR) is 59.5 cm³/mol. The first-order chi connectivity index (χ1) is 8.16. The van der Waals surface area contributed by atoms with Crippen LogP contribution < -0.4 is 0 Å². The molecule has 17 heavy (non-hydrogen) atoms. The van der Waals surface area contributed by atoms with Gasteiger partial charge >= 0.3 is 6.09 Å². The molecule has 0 radical (unpaired) electrons. The van der Waals surface area contributed by atoms with Crippen molar-refractivity contribution in [3.8, 4) is 0 Å². The molecule has 0 saturated carbocycles. The summed E-state index contributed by atoms with van der Waals surface area (Å²) in [7, 11) is 1.70. The molecular formula is C11H18N2O4. The predicted octanol–water partition coefficient (Wildman–Crippen LogP) is 0.0760. The van der Waals surface area contributed by atoms with Crippen molar-refractivity contribution in [2.24, 2.45) is 0 Å². The summed E-state index contributed by atoms with van der Waals surface area (Å²) in [5.74, 6) is 0.124. The molecule has 0 spiro atoms. The maximum atomic E-state index is 11.8. The van der Waals surface area contributed by atoms with Crippen LogP contribution in [0.1, 0.15) is 12.8 Å². The van der Waals surface area contributed by atoms with Gasteiger partial charge in [-0.25, -0.2) is 4.79 Å². The molecule has 2 heterocycles. The summed E-state index contributed by atoms with van der Waals surface area (Å²) in [6.07, 6.45) is 0.601. The monoisotopic (exact) mass is 242 g/mol. The molecule has 2 aliphatic rings. The fraction of sp³-hybridized carbons (Fsp3) is 0.818. The highest BCUT2D eigenvalue weighted by molar-refractivity contribution is 5.76. The number of ether oxygens (including phenoxy) is 2. The van der Waals surface area contributed by atoms with Gasteiger partial charge in [0.15, 0.2) is 0 Å². The van der Waals surface area contributed by atoms with Gasteiger partial charge in [-0.3, -0.25) is 4.79 Å². The molecule has 0 aromatic rings. The smallest absolute Gasteiger partial charge is 0.409 e. The third kappa shape index (κ3) is 3.09. The van der Waals surface area contributed by atoms with Crippen molar-refractivity contribution in [2.45, 2.75) is 18.9 Å². The molecule has 2 aliphatic heterocycles. The Hall–Kier alpha value is -1.30. The number of nitrogens with zero attached hydrogens (tertiary/aromatic N) is 2. The van der Waals surface area contributed by atoms with E-state index in [0.717, 1.165) is 0 Å². The summed E-state index contributed by atoms with van der Waals surface area (Å²) in [6.45, 7) is 3.15. The van der Waals surface area contributed by atoms with Crippen LogP contribution in [0.3, 0.4) is 0 Å². The lowest BCUT2D eigenvalue weighted by Crippen LogP contribution is -2.40. The Labute approximate surface area is 100 Å². The molecule has 0 bridgehead atoms. The van der Waals surface area contributed by atoms with E-state index in [4.69, 9.17) is 9.47 Å². The van der Waals surface area contributed by atoms with E-state index in [1.54, 1.807) is 7.05 Å². The Balaban J connectivity index is 1.71. The number of hydrogen-bond donors (Lipinski definition) is 0. The second-order valence-electron chi connectivity index (χ2n) is 4.42. The van der Waals surface area contributed by atoms with Crippen LogP contribution in [0.2, 0.25) is 0 Å². The van der Waals surface area contributed by atoms with Crippen molar-refractivity contribution in [2.75, 3.05) is 39.9 Å². The zero-order valence-electron chi connectivity index (χ0n) is 10.1. The Morgan fingerprint density at radius 2 is 2.12 bits per heavy atom. The number of carbonyl (C=O) groups excluding carboxylic acids is 2. The molecule has 1 atom stereocenters. The largest absolute Gasteiger partial charge is 0.444 e. The second-order valence-corrected chi connectivity index (χ2v) is 4.42. The summed E-state index contributed by atoms with van der Waals surface area (Å²) in [4.78, 5) is 26.3. The summed E-state index contributed by atoms with van der Waals surface area (Å²) < 4.78 is 10.3. The molecule has 6 nitrogen and oxygen atoms in total. The lowest BCUT2D eigenvalue weighted by atomic mass is 10.2. The number of amides is 2. The number of likely N-dealkylation sites (N-methyl/N-ethyl adjacent to an activating group) is 1. The Morgan fingerprint density at radius 3 is 2.71 bits per heavy atom. The minimum absolute atomic E-state index is 0.124. The maximum Gasteiger partial charge on any atom is 0.409 e. The van der Waals surface area contributed by atoms with Crippen molar-refractivity contribution in [1.82, 2.24) is 9.80 Å². The first-order valence-corrected chi connectivity index (χ1v) is 5.94. The van der Waals surface area contributed by atoms with Gasteiger partial charge in [-0.05, 0) is 6.42 Å². The van der Waals surface area contributed by atoms with E-state index < -0.39 is 0 Å². The van der Waals surface area contributed by atoms with Crippen molar-refractivity contribution in [3.63, 3.8) is 0 Å². The van der Waals surface area contributed by atoms with Gasteiger partial charge in [0.2, 0.25) is 5.91 Å². The van der Waals surface area contributed by atoms with E-state index in [2.05, 4.69) is 0 Å². The molecule has 2 saturated heterocycles. The molecule has 0 N–H and O–H groups in total. The van der Waals surface area contributed by atoms with Gasteiger partial charge in [0.1, 0.15) is 6.10 Å². The minimum Gasteiger partial charge on any atom is -0.444 e.